The van der Waals surface area contributed by atoms with Crippen LogP contribution in [-0.2, 0) is 0 Å². The lowest BCUT2D eigenvalue weighted by Gasteiger charge is -2.04. The Bertz CT molecular complexity index is 1000. The molecule has 4 heterocycles. The zero-order chi connectivity index (χ0) is 15.8. The normalized spacial score (nSPS) is 11.0. The van der Waals surface area contributed by atoms with Crippen molar-refractivity contribution in [3.05, 3.63) is 60.2 Å². The zero-order valence-corrected chi connectivity index (χ0v) is 12.9. The van der Waals surface area contributed by atoms with Crippen LogP contribution in [0.25, 0.3) is 33.8 Å². The fraction of sp³-hybridized carbons (Fsp3) is 0.111. The van der Waals surface area contributed by atoms with Crippen molar-refractivity contribution < 1.29 is 0 Å². The molecule has 112 valence electrons. The molecule has 0 aromatic carbocycles. The van der Waals surface area contributed by atoms with Gasteiger partial charge in [-0.15, -0.1) is 0 Å². The summed E-state index contributed by atoms with van der Waals surface area (Å²) in [4.78, 5) is 21.5. The van der Waals surface area contributed by atoms with Crippen molar-refractivity contribution in [3.63, 3.8) is 0 Å². The van der Waals surface area contributed by atoms with Crippen LogP contribution in [0.15, 0.2) is 48.7 Å². The molecule has 0 spiro atoms. The van der Waals surface area contributed by atoms with E-state index in [1.165, 1.54) is 0 Å². The van der Waals surface area contributed by atoms with Gasteiger partial charge >= 0.3 is 0 Å². The average Bonchev–Trinajstić information content (AvgIpc) is 2.96. The van der Waals surface area contributed by atoms with Crippen LogP contribution in [0.2, 0.25) is 0 Å². The molecule has 0 aliphatic rings. The highest BCUT2D eigenvalue weighted by atomic mass is 15.0. The second-order valence-corrected chi connectivity index (χ2v) is 5.45. The molecule has 4 rings (SSSR count). The van der Waals surface area contributed by atoms with Crippen molar-refractivity contribution >= 4 is 11.0 Å². The van der Waals surface area contributed by atoms with E-state index in [1.54, 1.807) is 6.20 Å². The fourth-order valence-electron chi connectivity index (χ4n) is 2.63. The number of rotatable bonds is 2. The molecule has 5 heteroatoms. The first kappa shape index (κ1) is 13.6. The highest BCUT2D eigenvalue weighted by molar-refractivity contribution is 5.81. The third-order valence-electron chi connectivity index (χ3n) is 3.67. The molecule has 1 N–H and O–H groups in total. The van der Waals surface area contributed by atoms with E-state index in [1.807, 2.05) is 56.3 Å². The van der Waals surface area contributed by atoms with Crippen molar-refractivity contribution in [2.45, 2.75) is 13.8 Å². The highest BCUT2D eigenvalue weighted by Crippen LogP contribution is 2.28. The number of H-pyrrole nitrogens is 1. The van der Waals surface area contributed by atoms with Gasteiger partial charge in [0.15, 0.2) is 0 Å². The van der Waals surface area contributed by atoms with Gasteiger partial charge in [-0.25, -0.2) is 9.97 Å². The van der Waals surface area contributed by atoms with Gasteiger partial charge in [0.25, 0.3) is 0 Å². The number of aromatic amines is 1. The molecule has 4 aromatic heterocycles. The SMILES string of the molecule is Cc1cccc(-c2[nH]c(C)nc2-c2ccc3ncccc3n2)n1. The number of aryl methyl sites for hydroxylation is 2. The van der Waals surface area contributed by atoms with Gasteiger partial charge in [-0.2, -0.15) is 0 Å². The molecule has 0 radical (unpaired) electrons. The molecule has 5 nitrogen and oxygen atoms in total. The first-order valence-corrected chi connectivity index (χ1v) is 7.43. The summed E-state index contributed by atoms with van der Waals surface area (Å²) >= 11 is 0. The van der Waals surface area contributed by atoms with Crippen molar-refractivity contribution in [3.8, 4) is 22.8 Å². The molecule has 0 atom stereocenters. The standard InChI is InChI=1S/C18H15N5/c1-11-5-3-6-15(20-11)17-18(22-12(2)21-17)16-9-8-13-14(23-16)7-4-10-19-13/h3-10H,1-2H3,(H,21,22). The van der Waals surface area contributed by atoms with Crippen LogP contribution in [-0.4, -0.2) is 24.9 Å². The molecular formula is C18H15N5. The van der Waals surface area contributed by atoms with E-state index in [0.29, 0.717) is 0 Å². The lowest BCUT2D eigenvalue weighted by Crippen LogP contribution is -1.92. The highest BCUT2D eigenvalue weighted by Gasteiger charge is 2.15. The van der Waals surface area contributed by atoms with E-state index in [2.05, 4.69) is 19.9 Å². The van der Waals surface area contributed by atoms with E-state index in [4.69, 9.17) is 4.98 Å². The number of hydrogen-bond acceptors (Lipinski definition) is 4. The monoisotopic (exact) mass is 301 g/mol. The van der Waals surface area contributed by atoms with E-state index >= 15 is 0 Å². The molecular weight excluding hydrogens is 286 g/mol. The van der Waals surface area contributed by atoms with Gasteiger partial charge in [0.05, 0.1) is 28.1 Å². The zero-order valence-electron chi connectivity index (χ0n) is 12.9. The topological polar surface area (TPSA) is 67.3 Å². The molecule has 0 aliphatic carbocycles. The van der Waals surface area contributed by atoms with Crippen LogP contribution in [0.5, 0.6) is 0 Å². The minimum absolute atomic E-state index is 0.811. The van der Waals surface area contributed by atoms with Crippen LogP contribution in [0.1, 0.15) is 11.5 Å². The van der Waals surface area contributed by atoms with Gasteiger partial charge in [0, 0.05) is 11.9 Å². The second-order valence-electron chi connectivity index (χ2n) is 5.45. The van der Waals surface area contributed by atoms with Gasteiger partial charge < -0.3 is 4.98 Å². The Morgan fingerprint density at radius 2 is 1.70 bits per heavy atom. The molecule has 0 bridgehead atoms. The summed E-state index contributed by atoms with van der Waals surface area (Å²) in [7, 11) is 0. The number of fused-ring (bicyclic) bond motifs is 1. The minimum Gasteiger partial charge on any atom is -0.340 e. The quantitative estimate of drug-likeness (QED) is 0.613. The third-order valence-corrected chi connectivity index (χ3v) is 3.67. The van der Waals surface area contributed by atoms with Gasteiger partial charge in [0.1, 0.15) is 11.5 Å². The van der Waals surface area contributed by atoms with E-state index in [-0.39, 0.29) is 0 Å². The Labute approximate surface area is 133 Å². The maximum absolute atomic E-state index is 4.69. The first-order valence-electron chi connectivity index (χ1n) is 7.43. The third kappa shape index (κ3) is 2.46. The van der Waals surface area contributed by atoms with Gasteiger partial charge in [-0.1, -0.05) is 6.07 Å². The molecule has 4 aromatic rings. The smallest absolute Gasteiger partial charge is 0.116 e. The van der Waals surface area contributed by atoms with Crippen molar-refractivity contribution in [1.82, 2.24) is 24.9 Å². The Hall–Kier alpha value is -3.08. The summed E-state index contributed by atoms with van der Waals surface area (Å²) in [5.74, 6) is 0.839. The van der Waals surface area contributed by atoms with Crippen molar-refractivity contribution in [2.75, 3.05) is 0 Å². The average molecular weight is 301 g/mol. The Morgan fingerprint density at radius 1 is 0.783 bits per heavy atom. The summed E-state index contributed by atoms with van der Waals surface area (Å²) in [5, 5.41) is 0. The molecule has 23 heavy (non-hydrogen) atoms. The lowest BCUT2D eigenvalue weighted by atomic mass is 10.1. The van der Waals surface area contributed by atoms with Crippen molar-refractivity contribution in [1.29, 1.82) is 0 Å². The minimum atomic E-state index is 0.811. The Balaban J connectivity index is 1.91. The van der Waals surface area contributed by atoms with Crippen LogP contribution >= 0.6 is 0 Å². The summed E-state index contributed by atoms with van der Waals surface area (Å²) in [5.41, 5.74) is 6.08. The van der Waals surface area contributed by atoms with Crippen LogP contribution in [0, 0.1) is 13.8 Å². The number of hydrogen-bond donors (Lipinski definition) is 1. The Kier molecular flexibility index (Phi) is 3.12. The maximum atomic E-state index is 4.69. The molecule has 0 amide bonds. The molecule has 0 aliphatic heterocycles. The van der Waals surface area contributed by atoms with Crippen molar-refractivity contribution in [2.24, 2.45) is 0 Å². The largest absolute Gasteiger partial charge is 0.340 e. The van der Waals surface area contributed by atoms with E-state index < -0.39 is 0 Å². The number of nitrogens with one attached hydrogen (secondary N) is 1. The molecule has 0 unspecified atom stereocenters. The van der Waals surface area contributed by atoms with Gasteiger partial charge in [0.2, 0.25) is 0 Å². The van der Waals surface area contributed by atoms with E-state index in [9.17, 15) is 0 Å². The molecule has 0 saturated carbocycles. The second kappa shape index (κ2) is 5.28. The summed E-state index contributed by atoms with van der Waals surface area (Å²) in [6, 6.07) is 13.7. The summed E-state index contributed by atoms with van der Waals surface area (Å²) < 4.78 is 0. The predicted molar refractivity (Wildman–Crippen MR) is 89.8 cm³/mol. The van der Waals surface area contributed by atoms with Gasteiger partial charge in [-0.3, -0.25) is 9.97 Å². The first-order chi connectivity index (χ1) is 11.2. The lowest BCUT2D eigenvalue weighted by molar-refractivity contribution is 1.14. The fourth-order valence-corrected chi connectivity index (χ4v) is 2.63. The summed E-state index contributed by atoms with van der Waals surface area (Å²) in [6.45, 7) is 3.91. The van der Waals surface area contributed by atoms with Crippen LogP contribution < -0.4 is 0 Å². The van der Waals surface area contributed by atoms with Gasteiger partial charge in [-0.05, 0) is 50.2 Å². The number of aromatic nitrogens is 5. The van der Waals surface area contributed by atoms with Crippen LogP contribution in [0.3, 0.4) is 0 Å². The summed E-state index contributed by atoms with van der Waals surface area (Å²) in [6.07, 6.45) is 1.77. The number of pyridine rings is 3. The Morgan fingerprint density at radius 3 is 2.57 bits per heavy atom. The predicted octanol–water partition coefficient (Wildman–Crippen LogP) is 3.70. The molecule has 0 saturated heterocycles. The number of nitrogens with zero attached hydrogens (tertiary/aromatic N) is 4. The number of imidazole rings is 1. The van der Waals surface area contributed by atoms with Crippen LogP contribution in [0.4, 0.5) is 0 Å². The van der Waals surface area contributed by atoms with E-state index in [0.717, 1.165) is 45.3 Å². The molecule has 0 fully saturated rings. The maximum Gasteiger partial charge on any atom is 0.116 e.